The van der Waals surface area contributed by atoms with Gasteiger partial charge in [0.1, 0.15) is 4.83 Å². The van der Waals surface area contributed by atoms with Crippen molar-refractivity contribution in [2.24, 2.45) is 5.92 Å². The van der Waals surface area contributed by atoms with Crippen molar-refractivity contribution in [3.05, 3.63) is 79.4 Å². The first-order valence-corrected chi connectivity index (χ1v) is 14.8. The van der Waals surface area contributed by atoms with E-state index in [0.29, 0.717) is 33.1 Å². The van der Waals surface area contributed by atoms with Crippen molar-refractivity contribution >= 4 is 56.5 Å². The number of aryl methyl sites for hydroxylation is 2. The molecule has 5 rings (SSSR count). The summed E-state index contributed by atoms with van der Waals surface area (Å²) in [4.78, 5) is 33.7. The quantitative estimate of drug-likeness (QED) is 0.200. The maximum absolute atomic E-state index is 14.0. The number of halogens is 1. The van der Waals surface area contributed by atoms with Gasteiger partial charge in [-0.05, 0) is 79.0 Å². The van der Waals surface area contributed by atoms with Crippen molar-refractivity contribution in [1.82, 2.24) is 9.55 Å². The second-order valence-corrected chi connectivity index (χ2v) is 12.5. The van der Waals surface area contributed by atoms with Gasteiger partial charge in [-0.2, -0.15) is 0 Å². The highest BCUT2D eigenvalue weighted by Crippen LogP contribution is 2.37. The van der Waals surface area contributed by atoms with Gasteiger partial charge in [-0.15, -0.1) is 11.3 Å². The molecular formula is C29H30ClN3O2S2. The minimum absolute atomic E-state index is 0.0934. The van der Waals surface area contributed by atoms with Gasteiger partial charge < -0.3 is 5.32 Å². The number of nitrogens with one attached hydrogen (secondary N) is 1. The van der Waals surface area contributed by atoms with Crippen LogP contribution in [-0.4, -0.2) is 21.2 Å². The summed E-state index contributed by atoms with van der Waals surface area (Å²) in [6, 6.07) is 13.5. The molecule has 0 aliphatic heterocycles. The summed E-state index contributed by atoms with van der Waals surface area (Å²) in [6.07, 6.45) is 2.95. The van der Waals surface area contributed by atoms with E-state index in [1.165, 1.54) is 22.2 Å². The van der Waals surface area contributed by atoms with E-state index in [1.807, 2.05) is 43.3 Å². The Labute approximate surface area is 230 Å². The third-order valence-corrected chi connectivity index (χ3v) is 9.40. The minimum Gasteiger partial charge on any atom is -0.325 e. The Balaban J connectivity index is 1.49. The first-order valence-electron chi connectivity index (χ1n) is 12.6. The van der Waals surface area contributed by atoms with Crippen molar-refractivity contribution in [2.45, 2.75) is 58.0 Å². The van der Waals surface area contributed by atoms with Crippen LogP contribution in [0, 0.1) is 12.8 Å². The number of hydrogen-bond acceptors (Lipinski definition) is 5. The van der Waals surface area contributed by atoms with Crippen LogP contribution >= 0.6 is 34.7 Å². The number of carbonyl (C=O) groups is 1. The fourth-order valence-electron chi connectivity index (χ4n) is 4.70. The lowest BCUT2D eigenvalue weighted by molar-refractivity contribution is -0.113. The van der Waals surface area contributed by atoms with Crippen LogP contribution in [0.4, 0.5) is 5.69 Å². The average molecular weight is 552 g/mol. The van der Waals surface area contributed by atoms with Crippen LogP contribution in [0.2, 0.25) is 5.02 Å². The summed E-state index contributed by atoms with van der Waals surface area (Å²) in [7, 11) is 0. The van der Waals surface area contributed by atoms with Gasteiger partial charge >= 0.3 is 0 Å². The maximum Gasteiger partial charge on any atom is 0.267 e. The zero-order chi connectivity index (χ0) is 26.3. The number of thioether (sulfide) groups is 1. The topological polar surface area (TPSA) is 64.0 Å². The molecule has 1 atom stereocenters. The fraction of sp³-hybridized carbons (Fsp3) is 0.345. The number of carbonyl (C=O) groups excluding carboxylic acids is 1. The molecule has 0 spiro atoms. The smallest absolute Gasteiger partial charge is 0.267 e. The van der Waals surface area contributed by atoms with Crippen LogP contribution in [0.25, 0.3) is 15.9 Å². The summed E-state index contributed by atoms with van der Waals surface area (Å²) in [5.74, 6) is 1.01. The van der Waals surface area contributed by atoms with Crippen LogP contribution in [0.15, 0.2) is 52.4 Å². The molecule has 1 aliphatic rings. The Hall–Kier alpha value is -2.61. The third-order valence-electron chi connectivity index (χ3n) is 6.91. The molecule has 4 aromatic rings. The van der Waals surface area contributed by atoms with Gasteiger partial charge in [-0.1, -0.05) is 62.3 Å². The number of nitrogens with zero attached hydrogens (tertiary/aromatic N) is 2. The molecule has 0 saturated heterocycles. The number of anilines is 1. The van der Waals surface area contributed by atoms with E-state index in [2.05, 4.69) is 26.1 Å². The second kappa shape index (κ2) is 10.6. The monoisotopic (exact) mass is 551 g/mol. The van der Waals surface area contributed by atoms with Crippen molar-refractivity contribution in [2.75, 3.05) is 11.1 Å². The first-order chi connectivity index (χ1) is 17.7. The number of aromatic nitrogens is 2. The molecule has 1 N–H and O–H groups in total. The number of benzene rings is 2. The van der Waals surface area contributed by atoms with E-state index in [1.54, 1.807) is 22.0 Å². The molecule has 192 valence electrons. The summed E-state index contributed by atoms with van der Waals surface area (Å²) >= 11 is 9.32. The van der Waals surface area contributed by atoms with Gasteiger partial charge in [0.05, 0.1) is 16.8 Å². The van der Waals surface area contributed by atoms with Crippen LogP contribution in [-0.2, 0) is 17.6 Å². The van der Waals surface area contributed by atoms with Crippen molar-refractivity contribution in [3.8, 4) is 5.69 Å². The second-order valence-electron chi connectivity index (χ2n) is 10.1. The number of hydrogen-bond donors (Lipinski definition) is 1. The van der Waals surface area contributed by atoms with Crippen LogP contribution in [0.3, 0.4) is 0 Å². The van der Waals surface area contributed by atoms with E-state index in [4.69, 9.17) is 16.6 Å². The molecule has 0 bridgehead atoms. The lowest BCUT2D eigenvalue weighted by atomic mass is 9.89. The SMILES string of the molecule is Cc1ccc(-n2c(SCC(=O)Nc3ccc(C(C)C)cc3)nc3sc4c(c3c2=O)CC[C@H](C)C4)cc1Cl. The van der Waals surface area contributed by atoms with Crippen molar-refractivity contribution < 1.29 is 4.79 Å². The predicted octanol–water partition coefficient (Wildman–Crippen LogP) is 7.39. The molecule has 2 heterocycles. The lowest BCUT2D eigenvalue weighted by Crippen LogP contribution is -2.23. The van der Waals surface area contributed by atoms with Crippen molar-refractivity contribution in [1.29, 1.82) is 0 Å². The molecule has 1 amide bonds. The minimum atomic E-state index is -0.149. The Morgan fingerprint density at radius 1 is 1.24 bits per heavy atom. The summed E-state index contributed by atoms with van der Waals surface area (Å²) in [5, 5.41) is 4.75. The fourth-order valence-corrected chi connectivity index (χ4v) is 7.11. The standard InChI is InChI=1S/C29H30ClN3O2S2/c1-16(2)19-7-9-20(10-8-19)31-25(34)15-36-29-32-27-26(22-12-5-17(3)13-24(22)37-27)28(35)33(29)21-11-6-18(4)23(30)14-21/h6-11,14,16-17H,5,12-13,15H2,1-4H3,(H,31,34)/t17-/m0/s1. The molecule has 0 saturated carbocycles. The lowest BCUT2D eigenvalue weighted by Gasteiger charge is -2.18. The molecule has 5 nitrogen and oxygen atoms in total. The normalized spacial score (nSPS) is 15.2. The van der Waals surface area contributed by atoms with Gasteiger partial charge in [0.2, 0.25) is 5.91 Å². The van der Waals surface area contributed by atoms with E-state index in [0.717, 1.165) is 40.9 Å². The van der Waals surface area contributed by atoms with Crippen LogP contribution in [0.5, 0.6) is 0 Å². The van der Waals surface area contributed by atoms with E-state index in [9.17, 15) is 9.59 Å². The molecule has 0 fully saturated rings. The zero-order valence-corrected chi connectivity index (χ0v) is 23.8. The zero-order valence-electron chi connectivity index (χ0n) is 21.4. The van der Waals surface area contributed by atoms with Crippen molar-refractivity contribution in [3.63, 3.8) is 0 Å². The van der Waals surface area contributed by atoms with Gasteiger partial charge in [0, 0.05) is 15.6 Å². The third kappa shape index (κ3) is 5.35. The number of rotatable bonds is 6. The Morgan fingerprint density at radius 3 is 2.70 bits per heavy atom. The molecule has 37 heavy (non-hydrogen) atoms. The highest BCUT2D eigenvalue weighted by Gasteiger charge is 2.25. The number of amides is 1. The van der Waals surface area contributed by atoms with Gasteiger partial charge in [-0.3, -0.25) is 14.2 Å². The maximum atomic E-state index is 14.0. The molecule has 1 aliphatic carbocycles. The highest BCUT2D eigenvalue weighted by atomic mass is 35.5. The van der Waals surface area contributed by atoms with Gasteiger partial charge in [0.15, 0.2) is 5.16 Å². The molecule has 2 aromatic heterocycles. The number of thiophene rings is 1. The molecule has 0 radical (unpaired) electrons. The van der Waals surface area contributed by atoms with E-state index >= 15 is 0 Å². The molecule has 0 unspecified atom stereocenters. The summed E-state index contributed by atoms with van der Waals surface area (Å²) in [5.41, 5.74) is 4.61. The predicted molar refractivity (Wildman–Crippen MR) is 156 cm³/mol. The average Bonchev–Trinajstić information content (AvgIpc) is 3.22. The Morgan fingerprint density at radius 2 is 2.00 bits per heavy atom. The molecule has 8 heteroatoms. The van der Waals surface area contributed by atoms with E-state index < -0.39 is 0 Å². The highest BCUT2D eigenvalue weighted by molar-refractivity contribution is 7.99. The first kappa shape index (κ1) is 26.0. The van der Waals surface area contributed by atoms with Gasteiger partial charge in [0.25, 0.3) is 5.56 Å². The molecular weight excluding hydrogens is 522 g/mol. The van der Waals surface area contributed by atoms with Crippen LogP contribution < -0.4 is 10.9 Å². The summed E-state index contributed by atoms with van der Waals surface area (Å²) in [6.45, 7) is 8.46. The number of fused-ring (bicyclic) bond motifs is 3. The van der Waals surface area contributed by atoms with Crippen LogP contribution in [0.1, 0.15) is 54.7 Å². The summed E-state index contributed by atoms with van der Waals surface area (Å²) < 4.78 is 1.62. The van der Waals surface area contributed by atoms with E-state index in [-0.39, 0.29) is 17.2 Å². The molecule has 2 aromatic carbocycles. The Kier molecular flexibility index (Phi) is 7.48. The van der Waals surface area contributed by atoms with Gasteiger partial charge in [-0.25, -0.2) is 4.98 Å². The largest absolute Gasteiger partial charge is 0.325 e. The Bertz CT molecular complexity index is 1540.